The van der Waals surface area contributed by atoms with Crippen molar-refractivity contribution >= 4 is 16.2 Å². The normalized spacial score (nSPS) is 25.3. The smallest absolute Gasteiger partial charge is 0.321 e. The molecule has 0 aromatic carbocycles. The molecule has 6 nitrogen and oxygen atoms in total. The molecule has 1 saturated heterocycles. The lowest BCUT2D eigenvalue weighted by molar-refractivity contribution is -0.141. The first-order valence-corrected chi connectivity index (χ1v) is 5.38. The Kier molecular flexibility index (Phi) is 2.89. The van der Waals surface area contributed by atoms with E-state index in [0.717, 1.165) is 4.31 Å². The summed E-state index contributed by atoms with van der Waals surface area (Å²) in [5.41, 5.74) is 0. The summed E-state index contributed by atoms with van der Waals surface area (Å²) in [5.74, 6) is -1.13. The Labute approximate surface area is 76.7 Å². The van der Waals surface area contributed by atoms with Crippen LogP contribution in [0.15, 0.2) is 0 Å². The van der Waals surface area contributed by atoms with Crippen molar-refractivity contribution in [2.24, 2.45) is 0 Å². The van der Waals surface area contributed by atoms with E-state index in [0.29, 0.717) is 13.0 Å². The molecule has 1 fully saturated rings. The Morgan fingerprint density at radius 3 is 2.69 bits per heavy atom. The van der Waals surface area contributed by atoms with Gasteiger partial charge in [-0.3, -0.25) is 4.79 Å². The monoisotopic (exact) mass is 208 g/mol. The van der Waals surface area contributed by atoms with Crippen LogP contribution >= 0.6 is 0 Å². The average molecular weight is 208 g/mol. The van der Waals surface area contributed by atoms with Crippen LogP contribution in [-0.2, 0) is 15.0 Å². The number of carboxylic acids is 1. The first kappa shape index (κ1) is 10.4. The topological polar surface area (TPSA) is 86.7 Å². The molecule has 0 aromatic rings. The lowest BCUT2D eigenvalue weighted by atomic mass is 10.3. The Bertz CT molecular complexity index is 300. The van der Waals surface area contributed by atoms with Crippen LogP contribution in [0.2, 0.25) is 0 Å². The van der Waals surface area contributed by atoms with Gasteiger partial charge in [-0.1, -0.05) is 0 Å². The SMILES string of the molecule is CC(C(=O)O)N1CCCNS1(=O)=O. The summed E-state index contributed by atoms with van der Waals surface area (Å²) in [6.07, 6.45) is 0.636. The van der Waals surface area contributed by atoms with Crippen molar-refractivity contribution in [3.8, 4) is 0 Å². The number of carbonyl (C=O) groups is 1. The predicted octanol–water partition coefficient (Wildman–Crippen LogP) is -1.00. The number of hydrogen-bond acceptors (Lipinski definition) is 3. The van der Waals surface area contributed by atoms with Gasteiger partial charge in [0.25, 0.3) is 10.2 Å². The number of aliphatic carboxylic acids is 1. The van der Waals surface area contributed by atoms with Gasteiger partial charge >= 0.3 is 5.97 Å². The van der Waals surface area contributed by atoms with E-state index in [4.69, 9.17) is 5.11 Å². The number of nitrogens with one attached hydrogen (secondary N) is 1. The molecule has 1 rings (SSSR count). The highest BCUT2D eigenvalue weighted by molar-refractivity contribution is 7.87. The molecule has 0 aromatic heterocycles. The van der Waals surface area contributed by atoms with Gasteiger partial charge in [-0.05, 0) is 13.3 Å². The van der Waals surface area contributed by atoms with Gasteiger partial charge in [-0.15, -0.1) is 0 Å². The van der Waals surface area contributed by atoms with Crippen molar-refractivity contribution in [3.63, 3.8) is 0 Å². The zero-order chi connectivity index (χ0) is 10.1. The standard InChI is InChI=1S/C6H12N2O4S/c1-5(6(9)10)8-4-2-3-7-13(8,11)12/h5,7H,2-4H2,1H3,(H,9,10). The van der Waals surface area contributed by atoms with Crippen LogP contribution < -0.4 is 4.72 Å². The fourth-order valence-electron chi connectivity index (χ4n) is 1.16. The predicted molar refractivity (Wildman–Crippen MR) is 45.3 cm³/mol. The van der Waals surface area contributed by atoms with Crippen LogP contribution in [0.1, 0.15) is 13.3 Å². The lowest BCUT2D eigenvalue weighted by Gasteiger charge is -2.29. The van der Waals surface area contributed by atoms with Gasteiger partial charge in [0.15, 0.2) is 0 Å². The highest BCUT2D eigenvalue weighted by Gasteiger charge is 2.33. The molecule has 2 N–H and O–H groups in total. The Morgan fingerprint density at radius 2 is 2.23 bits per heavy atom. The molecule has 0 spiro atoms. The molecule has 0 saturated carbocycles. The molecular weight excluding hydrogens is 196 g/mol. The average Bonchev–Trinajstić information content (AvgIpc) is 2.02. The van der Waals surface area contributed by atoms with Crippen LogP contribution in [0, 0.1) is 0 Å². The number of hydrogen-bond donors (Lipinski definition) is 2. The quantitative estimate of drug-likeness (QED) is 0.609. The molecule has 76 valence electrons. The summed E-state index contributed by atoms with van der Waals surface area (Å²) in [4.78, 5) is 10.6. The zero-order valence-corrected chi connectivity index (χ0v) is 8.04. The van der Waals surface area contributed by atoms with Crippen molar-refractivity contribution in [3.05, 3.63) is 0 Å². The van der Waals surface area contributed by atoms with Crippen molar-refractivity contribution in [1.82, 2.24) is 9.03 Å². The van der Waals surface area contributed by atoms with Crippen LogP contribution in [0.3, 0.4) is 0 Å². The molecule has 1 unspecified atom stereocenters. The second-order valence-corrected chi connectivity index (χ2v) is 4.59. The Hall–Kier alpha value is -0.660. The van der Waals surface area contributed by atoms with Crippen LogP contribution in [0.5, 0.6) is 0 Å². The fraction of sp³-hybridized carbons (Fsp3) is 0.833. The summed E-state index contributed by atoms with van der Waals surface area (Å²) in [5, 5.41) is 8.63. The van der Waals surface area contributed by atoms with E-state index in [1.165, 1.54) is 6.92 Å². The summed E-state index contributed by atoms with van der Waals surface area (Å²) >= 11 is 0. The van der Waals surface area contributed by atoms with Gasteiger partial charge in [0.2, 0.25) is 0 Å². The molecule has 0 bridgehead atoms. The maximum Gasteiger partial charge on any atom is 0.321 e. The summed E-state index contributed by atoms with van der Waals surface area (Å²) in [6, 6.07) is -1.00. The van der Waals surface area contributed by atoms with Gasteiger partial charge < -0.3 is 5.11 Å². The fourth-order valence-corrected chi connectivity index (χ4v) is 2.61. The highest BCUT2D eigenvalue weighted by atomic mass is 32.2. The van der Waals surface area contributed by atoms with E-state index < -0.39 is 22.2 Å². The van der Waals surface area contributed by atoms with Crippen LogP contribution in [0.25, 0.3) is 0 Å². The van der Waals surface area contributed by atoms with Crippen LogP contribution in [-0.4, -0.2) is 42.9 Å². The largest absolute Gasteiger partial charge is 0.480 e. The minimum Gasteiger partial charge on any atom is -0.480 e. The number of carboxylic acid groups (broad SMARTS) is 1. The van der Waals surface area contributed by atoms with Crippen molar-refractivity contribution in [2.75, 3.05) is 13.1 Å². The van der Waals surface area contributed by atoms with Crippen molar-refractivity contribution < 1.29 is 18.3 Å². The zero-order valence-electron chi connectivity index (χ0n) is 7.23. The highest BCUT2D eigenvalue weighted by Crippen LogP contribution is 2.10. The van der Waals surface area contributed by atoms with E-state index >= 15 is 0 Å². The van der Waals surface area contributed by atoms with Gasteiger partial charge in [-0.25, -0.2) is 4.72 Å². The Balaban J connectivity index is 2.83. The molecule has 0 aliphatic carbocycles. The lowest BCUT2D eigenvalue weighted by Crippen LogP contribution is -2.52. The van der Waals surface area contributed by atoms with E-state index in [2.05, 4.69) is 4.72 Å². The molecule has 0 radical (unpaired) electrons. The molecule has 1 heterocycles. The van der Waals surface area contributed by atoms with E-state index in [1.807, 2.05) is 0 Å². The van der Waals surface area contributed by atoms with Crippen molar-refractivity contribution in [2.45, 2.75) is 19.4 Å². The minimum atomic E-state index is -3.57. The second-order valence-electron chi connectivity index (χ2n) is 2.88. The van der Waals surface area contributed by atoms with Gasteiger partial charge in [0.05, 0.1) is 0 Å². The second kappa shape index (κ2) is 3.60. The third-order valence-electron chi connectivity index (χ3n) is 1.94. The van der Waals surface area contributed by atoms with E-state index in [-0.39, 0.29) is 6.54 Å². The summed E-state index contributed by atoms with van der Waals surface area (Å²) in [7, 11) is -3.57. The van der Waals surface area contributed by atoms with E-state index in [1.54, 1.807) is 0 Å². The Morgan fingerprint density at radius 1 is 1.62 bits per heavy atom. The third-order valence-corrected chi connectivity index (χ3v) is 3.62. The molecule has 1 aliphatic rings. The van der Waals surface area contributed by atoms with E-state index in [9.17, 15) is 13.2 Å². The van der Waals surface area contributed by atoms with Gasteiger partial charge in [-0.2, -0.15) is 12.7 Å². The molecule has 0 amide bonds. The first-order chi connectivity index (χ1) is 5.95. The third kappa shape index (κ3) is 2.17. The van der Waals surface area contributed by atoms with Gasteiger partial charge in [0, 0.05) is 13.1 Å². The number of nitrogens with zero attached hydrogens (tertiary/aromatic N) is 1. The molecule has 1 atom stereocenters. The summed E-state index contributed by atoms with van der Waals surface area (Å²) in [6.45, 7) is 2.00. The molecule has 13 heavy (non-hydrogen) atoms. The summed E-state index contributed by atoms with van der Waals surface area (Å²) < 4.78 is 25.8. The van der Waals surface area contributed by atoms with Crippen molar-refractivity contribution in [1.29, 1.82) is 0 Å². The number of rotatable bonds is 2. The maximum atomic E-state index is 11.3. The van der Waals surface area contributed by atoms with Crippen LogP contribution in [0.4, 0.5) is 0 Å². The first-order valence-electron chi connectivity index (χ1n) is 3.94. The molecular formula is C6H12N2O4S. The maximum absolute atomic E-state index is 11.3. The molecule has 1 aliphatic heterocycles. The minimum absolute atomic E-state index is 0.267. The van der Waals surface area contributed by atoms with Gasteiger partial charge in [0.1, 0.15) is 6.04 Å². The molecule has 7 heteroatoms.